The largest absolute Gasteiger partial charge is 0.394 e. The van der Waals surface area contributed by atoms with Crippen LogP contribution in [0.25, 0.3) is 0 Å². The van der Waals surface area contributed by atoms with E-state index in [1.54, 1.807) is 0 Å². The van der Waals surface area contributed by atoms with Crippen molar-refractivity contribution < 1.29 is 89.4 Å². The summed E-state index contributed by atoms with van der Waals surface area (Å²) in [7, 11) is 0. The summed E-state index contributed by atoms with van der Waals surface area (Å²) >= 11 is 0. The zero-order valence-corrected chi connectivity index (χ0v) is 68.7. The van der Waals surface area contributed by atoms with Crippen LogP contribution in [0.3, 0.4) is 0 Å². The normalized spacial score (nSPS) is 25.4. The lowest BCUT2D eigenvalue weighted by molar-refractivity contribution is -0.379. The molecule has 0 aliphatic carbocycles. The van der Waals surface area contributed by atoms with E-state index in [-0.39, 0.29) is 18.9 Å². The molecule has 0 radical (unpaired) electrons. The van der Waals surface area contributed by atoms with Crippen LogP contribution in [0.1, 0.15) is 425 Å². The molecule has 3 heterocycles. The average Bonchev–Trinajstić information content (AvgIpc) is 0.781. The maximum atomic E-state index is 13.5. The van der Waals surface area contributed by atoms with Gasteiger partial charge in [0, 0.05) is 6.42 Å². The second-order valence-corrected chi connectivity index (χ2v) is 33.1. The van der Waals surface area contributed by atoms with E-state index in [4.69, 9.17) is 28.4 Å². The molecule has 1 amide bonds. The Kier molecular flexibility index (Phi) is 64.6. The third kappa shape index (κ3) is 48.1. The highest BCUT2D eigenvalue weighted by Gasteiger charge is 2.54. The molecule has 0 aromatic heterocycles. The maximum Gasteiger partial charge on any atom is 0.220 e. The van der Waals surface area contributed by atoms with Crippen molar-refractivity contribution >= 4 is 5.91 Å². The monoisotopic (exact) mass is 1530 g/mol. The van der Waals surface area contributed by atoms with Gasteiger partial charge >= 0.3 is 0 Å². The van der Waals surface area contributed by atoms with E-state index in [0.29, 0.717) is 12.8 Å². The van der Waals surface area contributed by atoms with Gasteiger partial charge in [0.2, 0.25) is 5.91 Å². The molecule has 3 fully saturated rings. The number of rotatable bonds is 76. The molecule has 0 aromatic carbocycles. The SMILES string of the molecule is CCCCCCCCCCCCCCCCCCCCCCCCCCCCCCCCCCC(O)C(COC1OC(CO)C(OC2OC(CO)C(OC3OC(CO)C(O)C(O)C3O)C(O)C2O)C(O)C1O)NC(=O)CCCCCCCCCCCCCCCCCCCCCCCCCCCCCCCC. The lowest BCUT2D eigenvalue weighted by Gasteiger charge is -2.48. The first-order chi connectivity index (χ1) is 52.3. The Labute approximate surface area is 653 Å². The van der Waals surface area contributed by atoms with Gasteiger partial charge in [0.05, 0.1) is 38.6 Å². The first-order valence-corrected chi connectivity index (χ1v) is 45.8. The van der Waals surface area contributed by atoms with Crippen LogP contribution in [0.4, 0.5) is 0 Å². The van der Waals surface area contributed by atoms with Gasteiger partial charge in [-0.15, -0.1) is 0 Å². The van der Waals surface area contributed by atoms with E-state index >= 15 is 0 Å². The van der Waals surface area contributed by atoms with Crippen molar-refractivity contribution in [1.82, 2.24) is 5.32 Å². The summed E-state index contributed by atoms with van der Waals surface area (Å²) in [6.07, 6.45) is 56.5. The van der Waals surface area contributed by atoms with E-state index in [1.807, 2.05) is 0 Å². The molecule has 12 N–H and O–H groups in total. The smallest absolute Gasteiger partial charge is 0.220 e. The molecule has 3 aliphatic rings. The summed E-state index contributed by atoms with van der Waals surface area (Å²) in [5.74, 6) is -0.231. The standard InChI is InChI=1S/C88H171NO18/c1-3-5-7-9-11-13-15-17-19-21-23-25-27-29-31-33-35-36-37-39-41-43-45-47-49-51-53-55-57-59-61-63-65-72(93)71(89-76(94)66-64-62-60-58-56-54-52-50-48-46-44-42-40-38-34-32-30-28-26-24-22-20-18-16-14-12-10-8-6-4-2)70-102-86-82(100)79(97)84(74(68-91)104-86)107-88-83(101)80(98)85(75(69-92)105-88)106-87-81(99)78(96)77(95)73(67-90)103-87/h71-75,77-88,90-93,95-101H,3-70H2,1-2H3,(H,89,94). The van der Waals surface area contributed by atoms with E-state index < -0.39 is 124 Å². The minimum Gasteiger partial charge on any atom is -0.394 e. The highest BCUT2D eigenvalue weighted by atomic mass is 16.8. The van der Waals surface area contributed by atoms with E-state index in [9.17, 15) is 61.0 Å². The Morgan fingerprint density at radius 3 is 0.813 bits per heavy atom. The van der Waals surface area contributed by atoms with Gasteiger partial charge in [0.1, 0.15) is 73.2 Å². The van der Waals surface area contributed by atoms with Crippen molar-refractivity contribution in [2.75, 3.05) is 26.4 Å². The van der Waals surface area contributed by atoms with Gasteiger partial charge in [-0.25, -0.2) is 0 Å². The molecule has 0 spiro atoms. The lowest BCUT2D eigenvalue weighted by atomic mass is 9.96. The number of unbranched alkanes of at least 4 members (excludes halogenated alkanes) is 60. The van der Waals surface area contributed by atoms with Crippen molar-refractivity contribution in [3.8, 4) is 0 Å². The highest BCUT2D eigenvalue weighted by Crippen LogP contribution is 2.34. The van der Waals surface area contributed by atoms with Crippen LogP contribution in [-0.4, -0.2) is 193 Å². The van der Waals surface area contributed by atoms with E-state index in [1.165, 1.54) is 347 Å². The van der Waals surface area contributed by atoms with Gasteiger partial charge in [-0.2, -0.15) is 0 Å². The predicted octanol–water partition coefficient (Wildman–Crippen LogP) is 17.3. The van der Waals surface area contributed by atoms with Crippen LogP contribution in [0.2, 0.25) is 0 Å². The second-order valence-electron chi connectivity index (χ2n) is 33.1. The summed E-state index contributed by atoms with van der Waals surface area (Å²) in [5.41, 5.74) is 0. The van der Waals surface area contributed by atoms with E-state index in [0.717, 1.165) is 44.9 Å². The number of ether oxygens (including phenoxy) is 6. The molecule has 0 saturated carbocycles. The zero-order chi connectivity index (χ0) is 77.4. The Balaban J connectivity index is 1.31. The van der Waals surface area contributed by atoms with Crippen molar-refractivity contribution in [2.45, 2.75) is 529 Å². The van der Waals surface area contributed by atoms with Gasteiger partial charge in [-0.05, 0) is 12.8 Å². The van der Waals surface area contributed by atoms with Crippen LogP contribution < -0.4 is 5.32 Å². The van der Waals surface area contributed by atoms with Crippen LogP contribution in [0.5, 0.6) is 0 Å². The number of aliphatic hydroxyl groups excluding tert-OH is 11. The molecule has 107 heavy (non-hydrogen) atoms. The molecule has 19 heteroatoms. The van der Waals surface area contributed by atoms with Crippen molar-refractivity contribution in [3.63, 3.8) is 0 Å². The Hall–Kier alpha value is -1.21. The zero-order valence-electron chi connectivity index (χ0n) is 68.7. The Morgan fingerprint density at radius 1 is 0.299 bits per heavy atom. The minimum absolute atomic E-state index is 0.231. The van der Waals surface area contributed by atoms with E-state index in [2.05, 4.69) is 19.2 Å². The Morgan fingerprint density at radius 2 is 0.533 bits per heavy atom. The fourth-order valence-electron chi connectivity index (χ4n) is 16.1. The fraction of sp³-hybridized carbons (Fsp3) is 0.989. The quantitative estimate of drug-likeness (QED) is 0.0252. The molecule has 3 rings (SSSR count). The van der Waals surface area contributed by atoms with Crippen LogP contribution >= 0.6 is 0 Å². The minimum atomic E-state index is -1.97. The number of carbonyl (C=O) groups is 1. The Bertz CT molecular complexity index is 1930. The predicted molar refractivity (Wildman–Crippen MR) is 430 cm³/mol. The van der Waals surface area contributed by atoms with Gasteiger partial charge in [-0.3, -0.25) is 4.79 Å². The second kappa shape index (κ2) is 69.1. The van der Waals surface area contributed by atoms with Gasteiger partial charge < -0.3 is 89.9 Å². The number of carbonyl (C=O) groups excluding carboxylic acids is 1. The number of hydrogen-bond donors (Lipinski definition) is 12. The van der Waals surface area contributed by atoms with Crippen molar-refractivity contribution in [3.05, 3.63) is 0 Å². The first kappa shape index (κ1) is 100.0. The summed E-state index contributed by atoms with van der Waals surface area (Å²) in [4.78, 5) is 13.5. The summed E-state index contributed by atoms with van der Waals surface area (Å²) in [6, 6.07) is -0.884. The molecule has 3 aliphatic heterocycles. The van der Waals surface area contributed by atoms with Crippen LogP contribution in [0.15, 0.2) is 0 Å². The summed E-state index contributed by atoms with van der Waals surface area (Å²) in [5, 5.41) is 121. The van der Waals surface area contributed by atoms with Gasteiger partial charge in [0.25, 0.3) is 0 Å². The number of amides is 1. The number of hydrogen-bond acceptors (Lipinski definition) is 18. The first-order valence-electron chi connectivity index (χ1n) is 45.8. The highest BCUT2D eigenvalue weighted by molar-refractivity contribution is 5.76. The molecule has 0 aromatic rings. The lowest BCUT2D eigenvalue weighted by Crippen LogP contribution is -2.66. The van der Waals surface area contributed by atoms with Gasteiger partial charge in [0.15, 0.2) is 18.9 Å². The molecule has 3 saturated heterocycles. The molecular formula is C88H171NO18. The molecule has 636 valence electrons. The van der Waals surface area contributed by atoms with Gasteiger partial charge in [-0.1, -0.05) is 406 Å². The molecule has 19 nitrogen and oxygen atoms in total. The third-order valence-corrected chi connectivity index (χ3v) is 23.4. The number of aliphatic hydroxyl groups is 11. The maximum absolute atomic E-state index is 13.5. The van der Waals surface area contributed by atoms with Crippen LogP contribution in [-0.2, 0) is 33.2 Å². The molecular weight excluding hydrogens is 1360 g/mol. The van der Waals surface area contributed by atoms with Crippen molar-refractivity contribution in [2.24, 2.45) is 0 Å². The molecule has 17 unspecified atom stereocenters. The fourth-order valence-corrected chi connectivity index (χ4v) is 16.1. The number of nitrogens with one attached hydrogen (secondary N) is 1. The average molecular weight is 1530 g/mol. The molecule has 0 bridgehead atoms. The summed E-state index contributed by atoms with van der Waals surface area (Å²) in [6.45, 7) is 1.89. The van der Waals surface area contributed by atoms with Crippen LogP contribution in [0, 0.1) is 0 Å². The summed E-state index contributed by atoms with van der Waals surface area (Å²) < 4.78 is 34.6. The third-order valence-electron chi connectivity index (χ3n) is 23.4. The molecule has 17 atom stereocenters. The van der Waals surface area contributed by atoms with Crippen molar-refractivity contribution in [1.29, 1.82) is 0 Å². The topological polar surface area (TPSA) is 307 Å².